The molecule has 1 aromatic carbocycles. The Kier molecular flexibility index (Phi) is 2.95. The van der Waals surface area contributed by atoms with Crippen molar-refractivity contribution < 1.29 is 0 Å². The molecule has 0 saturated carbocycles. The fraction of sp³-hybridized carbons (Fsp3) is 0.143. The molecular formula is C7H4Br3. The fourth-order valence-corrected chi connectivity index (χ4v) is 2.17. The van der Waals surface area contributed by atoms with Crippen LogP contribution in [0.25, 0.3) is 0 Å². The van der Waals surface area contributed by atoms with Gasteiger partial charge in [-0.05, 0) is 50.4 Å². The monoisotopic (exact) mass is 325 g/mol. The zero-order valence-electron chi connectivity index (χ0n) is 5.21. The first-order valence-corrected chi connectivity index (χ1v) is 5.02. The van der Waals surface area contributed by atoms with E-state index in [1.165, 1.54) is 5.56 Å². The lowest BCUT2D eigenvalue weighted by atomic mass is 10.2. The second-order valence-corrected chi connectivity index (χ2v) is 4.37. The van der Waals surface area contributed by atoms with Crippen molar-refractivity contribution in [2.45, 2.75) is 6.92 Å². The summed E-state index contributed by atoms with van der Waals surface area (Å²) < 4.78 is 3.00. The molecule has 3 heteroatoms. The number of hydrogen-bond donors (Lipinski definition) is 0. The minimum Gasteiger partial charge on any atom is -0.0501 e. The number of rotatable bonds is 0. The quantitative estimate of drug-likeness (QED) is 0.630. The smallest absolute Gasteiger partial charge is 0.0410 e. The molecule has 0 aromatic heterocycles. The van der Waals surface area contributed by atoms with Gasteiger partial charge in [0.25, 0.3) is 0 Å². The molecule has 10 heavy (non-hydrogen) atoms. The van der Waals surface area contributed by atoms with Crippen LogP contribution >= 0.6 is 47.8 Å². The molecule has 1 rings (SSSR count). The predicted octanol–water partition coefficient (Wildman–Crippen LogP) is 4.08. The van der Waals surface area contributed by atoms with Crippen LogP contribution in [0, 0.1) is 13.0 Å². The van der Waals surface area contributed by atoms with Crippen molar-refractivity contribution in [1.29, 1.82) is 0 Å². The lowest BCUT2D eigenvalue weighted by molar-refractivity contribution is 1.38. The van der Waals surface area contributed by atoms with Crippen molar-refractivity contribution in [1.82, 2.24) is 0 Å². The van der Waals surface area contributed by atoms with Crippen molar-refractivity contribution in [3.63, 3.8) is 0 Å². The van der Waals surface area contributed by atoms with Gasteiger partial charge in [0.05, 0.1) is 0 Å². The van der Waals surface area contributed by atoms with Crippen LogP contribution < -0.4 is 0 Å². The third kappa shape index (κ3) is 1.83. The number of hydrogen-bond acceptors (Lipinski definition) is 0. The minimum absolute atomic E-state index is 0.958. The molecular weight excluding hydrogens is 324 g/mol. The van der Waals surface area contributed by atoms with Crippen molar-refractivity contribution in [3.05, 3.63) is 31.1 Å². The molecule has 1 aromatic rings. The SMILES string of the molecule is Cc1cc(Br)[c]c(Br)c1Br. The van der Waals surface area contributed by atoms with Gasteiger partial charge in [0.15, 0.2) is 0 Å². The molecule has 0 aliphatic heterocycles. The molecule has 0 bridgehead atoms. The summed E-state index contributed by atoms with van der Waals surface area (Å²) >= 11 is 10.1. The Morgan fingerprint density at radius 3 is 2.40 bits per heavy atom. The predicted molar refractivity (Wildman–Crippen MR) is 53.1 cm³/mol. The lowest BCUT2D eigenvalue weighted by Crippen LogP contribution is -1.77. The lowest BCUT2D eigenvalue weighted by Gasteiger charge is -1.99. The molecule has 0 heterocycles. The number of halogens is 3. The van der Waals surface area contributed by atoms with E-state index < -0.39 is 0 Å². The first-order valence-electron chi connectivity index (χ1n) is 2.64. The maximum atomic E-state index is 3.41. The highest BCUT2D eigenvalue weighted by molar-refractivity contribution is 9.13. The van der Waals surface area contributed by atoms with Gasteiger partial charge in [0.2, 0.25) is 0 Å². The molecule has 0 N–H and O–H groups in total. The van der Waals surface area contributed by atoms with Gasteiger partial charge in [-0.2, -0.15) is 0 Å². The van der Waals surface area contributed by atoms with Crippen LogP contribution in [0.3, 0.4) is 0 Å². The van der Waals surface area contributed by atoms with Gasteiger partial charge in [-0.25, -0.2) is 0 Å². The summed E-state index contributed by atoms with van der Waals surface area (Å²) in [5.41, 5.74) is 1.19. The van der Waals surface area contributed by atoms with Gasteiger partial charge >= 0.3 is 0 Å². The van der Waals surface area contributed by atoms with Crippen LogP contribution in [0.5, 0.6) is 0 Å². The van der Waals surface area contributed by atoms with Crippen molar-refractivity contribution in [2.24, 2.45) is 0 Å². The number of aryl methyl sites for hydroxylation is 1. The maximum absolute atomic E-state index is 3.41. The van der Waals surface area contributed by atoms with E-state index in [0.29, 0.717) is 0 Å². The van der Waals surface area contributed by atoms with Crippen LogP contribution in [-0.2, 0) is 0 Å². The molecule has 0 aliphatic carbocycles. The molecule has 0 saturated heterocycles. The molecule has 0 spiro atoms. The second kappa shape index (κ2) is 3.37. The third-order valence-electron chi connectivity index (χ3n) is 1.11. The Morgan fingerprint density at radius 2 is 1.90 bits per heavy atom. The van der Waals surface area contributed by atoms with Gasteiger partial charge in [0, 0.05) is 19.5 Å². The topological polar surface area (TPSA) is 0 Å². The summed E-state index contributed by atoms with van der Waals surface area (Å²) in [6, 6.07) is 5.07. The Bertz CT molecular complexity index is 232. The van der Waals surface area contributed by atoms with E-state index in [-0.39, 0.29) is 0 Å². The van der Waals surface area contributed by atoms with Gasteiger partial charge in [0.1, 0.15) is 0 Å². The van der Waals surface area contributed by atoms with Crippen LogP contribution in [0.4, 0.5) is 0 Å². The first-order chi connectivity index (χ1) is 4.61. The average Bonchev–Trinajstić information content (AvgIpc) is 1.82. The summed E-state index contributed by atoms with van der Waals surface area (Å²) in [6.45, 7) is 2.04. The zero-order chi connectivity index (χ0) is 7.72. The summed E-state index contributed by atoms with van der Waals surface area (Å²) in [4.78, 5) is 0. The molecule has 0 nitrogen and oxygen atoms in total. The van der Waals surface area contributed by atoms with Gasteiger partial charge in [-0.1, -0.05) is 15.9 Å². The van der Waals surface area contributed by atoms with Crippen molar-refractivity contribution in [2.75, 3.05) is 0 Å². The van der Waals surface area contributed by atoms with E-state index in [1.54, 1.807) is 0 Å². The van der Waals surface area contributed by atoms with Gasteiger partial charge in [-0.3, -0.25) is 0 Å². The molecule has 0 atom stereocenters. The molecule has 0 aliphatic rings. The Hall–Kier alpha value is 0.660. The Morgan fingerprint density at radius 1 is 1.30 bits per heavy atom. The van der Waals surface area contributed by atoms with Crippen LogP contribution in [0.15, 0.2) is 19.5 Å². The zero-order valence-corrected chi connectivity index (χ0v) is 9.97. The Labute approximate surface area is 85.4 Å². The van der Waals surface area contributed by atoms with Crippen molar-refractivity contribution >= 4 is 47.8 Å². The number of benzene rings is 1. The van der Waals surface area contributed by atoms with E-state index >= 15 is 0 Å². The minimum atomic E-state index is 0.958. The fourth-order valence-electron chi connectivity index (χ4n) is 0.622. The third-order valence-corrected chi connectivity index (χ3v) is 3.69. The maximum Gasteiger partial charge on any atom is 0.0410 e. The molecule has 53 valence electrons. The summed E-state index contributed by atoms with van der Waals surface area (Å²) in [7, 11) is 0. The van der Waals surface area contributed by atoms with Crippen LogP contribution in [0.2, 0.25) is 0 Å². The van der Waals surface area contributed by atoms with E-state index in [2.05, 4.69) is 53.9 Å². The summed E-state index contributed by atoms with van der Waals surface area (Å²) in [5.74, 6) is 0. The highest BCUT2D eigenvalue weighted by Gasteiger charge is 2.00. The first kappa shape index (κ1) is 8.75. The standard InChI is InChI=1S/C7H4Br3/c1-4-2-5(8)3-6(9)7(4)10/h2H,1H3. The van der Waals surface area contributed by atoms with Crippen LogP contribution in [0.1, 0.15) is 5.56 Å². The van der Waals surface area contributed by atoms with Crippen LogP contribution in [-0.4, -0.2) is 0 Å². The summed E-state index contributed by atoms with van der Waals surface area (Å²) in [6.07, 6.45) is 0. The normalized spacial score (nSPS) is 10.0. The molecule has 0 amide bonds. The highest BCUT2D eigenvalue weighted by Crippen LogP contribution is 2.29. The molecule has 1 radical (unpaired) electrons. The average molecular weight is 328 g/mol. The van der Waals surface area contributed by atoms with E-state index in [9.17, 15) is 0 Å². The van der Waals surface area contributed by atoms with Gasteiger partial charge < -0.3 is 0 Å². The second-order valence-electron chi connectivity index (χ2n) is 1.93. The largest absolute Gasteiger partial charge is 0.0501 e. The van der Waals surface area contributed by atoms with E-state index in [4.69, 9.17) is 0 Å². The molecule has 0 unspecified atom stereocenters. The van der Waals surface area contributed by atoms with E-state index in [0.717, 1.165) is 13.4 Å². The van der Waals surface area contributed by atoms with Crippen molar-refractivity contribution in [3.8, 4) is 0 Å². The summed E-state index contributed by atoms with van der Waals surface area (Å²) in [5, 5.41) is 0. The molecule has 0 fully saturated rings. The highest BCUT2D eigenvalue weighted by atomic mass is 79.9. The van der Waals surface area contributed by atoms with Gasteiger partial charge in [-0.15, -0.1) is 0 Å². The Balaban J connectivity index is 3.31. The van der Waals surface area contributed by atoms with E-state index in [1.807, 2.05) is 13.0 Å².